The van der Waals surface area contributed by atoms with Crippen molar-refractivity contribution < 1.29 is 4.74 Å². The predicted molar refractivity (Wildman–Crippen MR) is 76.4 cm³/mol. The average Bonchev–Trinajstić information content (AvgIpc) is 2.94. The number of hydrogen-bond donors (Lipinski definition) is 2. The highest BCUT2D eigenvalue weighted by Crippen LogP contribution is 2.28. The molecule has 0 amide bonds. The van der Waals surface area contributed by atoms with Gasteiger partial charge in [0.25, 0.3) is 0 Å². The summed E-state index contributed by atoms with van der Waals surface area (Å²) in [7, 11) is 0. The van der Waals surface area contributed by atoms with Gasteiger partial charge in [-0.15, -0.1) is 11.3 Å². The van der Waals surface area contributed by atoms with Crippen molar-refractivity contribution in [1.29, 1.82) is 0 Å². The van der Waals surface area contributed by atoms with Gasteiger partial charge < -0.3 is 15.8 Å². The van der Waals surface area contributed by atoms with E-state index in [0.29, 0.717) is 24.0 Å². The quantitative estimate of drug-likeness (QED) is 0.845. The molecule has 0 bridgehead atoms. The lowest BCUT2D eigenvalue weighted by Crippen LogP contribution is -2.11. The number of rotatable bonds is 6. The molecule has 2 heterocycles. The summed E-state index contributed by atoms with van der Waals surface area (Å²) in [4.78, 5) is 12.4. The molecule has 6 nitrogen and oxygen atoms in total. The average molecular weight is 279 g/mol. The molecule has 0 radical (unpaired) electrons. The SMILES string of the molecule is CCCOc1ncnc(NC(C)c2nccs2)c1N. The van der Waals surface area contributed by atoms with Gasteiger partial charge in [0.1, 0.15) is 17.0 Å². The summed E-state index contributed by atoms with van der Waals surface area (Å²) in [5.74, 6) is 0.995. The van der Waals surface area contributed by atoms with E-state index in [4.69, 9.17) is 10.5 Å². The minimum atomic E-state index is 0.0382. The van der Waals surface area contributed by atoms with Crippen LogP contribution in [0.4, 0.5) is 11.5 Å². The molecular formula is C12H17N5OS. The van der Waals surface area contributed by atoms with Crippen LogP contribution in [0.1, 0.15) is 31.3 Å². The molecule has 2 aromatic rings. The van der Waals surface area contributed by atoms with E-state index in [9.17, 15) is 0 Å². The van der Waals surface area contributed by atoms with Gasteiger partial charge in [0.05, 0.1) is 12.6 Å². The van der Waals surface area contributed by atoms with Crippen molar-refractivity contribution in [1.82, 2.24) is 15.0 Å². The first-order chi connectivity index (χ1) is 9.22. The summed E-state index contributed by atoms with van der Waals surface area (Å²) in [6.45, 7) is 4.62. The Kier molecular flexibility index (Phi) is 4.51. The zero-order valence-corrected chi connectivity index (χ0v) is 11.8. The van der Waals surface area contributed by atoms with Gasteiger partial charge in [0.2, 0.25) is 5.88 Å². The van der Waals surface area contributed by atoms with Crippen molar-refractivity contribution in [3.63, 3.8) is 0 Å². The first kappa shape index (κ1) is 13.5. The summed E-state index contributed by atoms with van der Waals surface area (Å²) < 4.78 is 5.47. The lowest BCUT2D eigenvalue weighted by Gasteiger charge is -2.15. The first-order valence-corrected chi connectivity index (χ1v) is 6.99. The van der Waals surface area contributed by atoms with Gasteiger partial charge in [0.15, 0.2) is 5.82 Å². The van der Waals surface area contributed by atoms with Crippen molar-refractivity contribution in [2.24, 2.45) is 0 Å². The van der Waals surface area contributed by atoms with E-state index in [2.05, 4.69) is 20.3 Å². The van der Waals surface area contributed by atoms with Crippen LogP contribution in [-0.2, 0) is 0 Å². The first-order valence-electron chi connectivity index (χ1n) is 6.11. The van der Waals surface area contributed by atoms with Crippen LogP contribution in [0.25, 0.3) is 0 Å². The smallest absolute Gasteiger partial charge is 0.242 e. The van der Waals surface area contributed by atoms with E-state index in [1.165, 1.54) is 6.33 Å². The molecule has 19 heavy (non-hydrogen) atoms. The second-order valence-electron chi connectivity index (χ2n) is 4.03. The Morgan fingerprint density at radius 3 is 2.95 bits per heavy atom. The number of nitrogens with zero attached hydrogens (tertiary/aromatic N) is 3. The minimum Gasteiger partial charge on any atom is -0.476 e. The number of ether oxygens (including phenoxy) is 1. The van der Waals surface area contributed by atoms with Crippen molar-refractivity contribution in [2.75, 3.05) is 17.7 Å². The van der Waals surface area contributed by atoms with Gasteiger partial charge in [0, 0.05) is 11.6 Å². The summed E-state index contributed by atoms with van der Waals surface area (Å²) in [5.41, 5.74) is 6.43. The van der Waals surface area contributed by atoms with E-state index in [-0.39, 0.29) is 6.04 Å². The fourth-order valence-corrected chi connectivity index (χ4v) is 2.17. The second kappa shape index (κ2) is 6.33. The van der Waals surface area contributed by atoms with Crippen LogP contribution in [-0.4, -0.2) is 21.6 Å². The van der Waals surface area contributed by atoms with Gasteiger partial charge >= 0.3 is 0 Å². The third kappa shape index (κ3) is 3.31. The van der Waals surface area contributed by atoms with Gasteiger partial charge in [-0.3, -0.25) is 0 Å². The Morgan fingerprint density at radius 1 is 1.42 bits per heavy atom. The van der Waals surface area contributed by atoms with E-state index in [1.807, 2.05) is 19.2 Å². The van der Waals surface area contributed by atoms with Crippen LogP contribution in [0.3, 0.4) is 0 Å². The van der Waals surface area contributed by atoms with Crippen LogP contribution < -0.4 is 15.8 Å². The molecule has 102 valence electrons. The largest absolute Gasteiger partial charge is 0.476 e. The highest BCUT2D eigenvalue weighted by Gasteiger charge is 2.13. The normalized spacial score (nSPS) is 12.1. The number of anilines is 2. The zero-order valence-electron chi connectivity index (χ0n) is 11.0. The highest BCUT2D eigenvalue weighted by molar-refractivity contribution is 7.09. The van der Waals surface area contributed by atoms with Crippen molar-refractivity contribution in [3.8, 4) is 5.88 Å². The summed E-state index contributed by atoms with van der Waals surface area (Å²) in [5, 5.41) is 6.14. The van der Waals surface area contributed by atoms with Crippen LogP contribution in [0.2, 0.25) is 0 Å². The number of aromatic nitrogens is 3. The molecule has 0 saturated carbocycles. The molecular weight excluding hydrogens is 262 g/mol. The number of hydrogen-bond acceptors (Lipinski definition) is 7. The lowest BCUT2D eigenvalue weighted by molar-refractivity contribution is 0.306. The number of nitrogens with one attached hydrogen (secondary N) is 1. The molecule has 0 aliphatic rings. The monoisotopic (exact) mass is 279 g/mol. The number of thiazole rings is 1. The molecule has 0 spiro atoms. The van der Waals surface area contributed by atoms with Crippen LogP contribution in [0, 0.1) is 0 Å². The fourth-order valence-electron chi connectivity index (χ4n) is 1.52. The standard InChI is InChI=1S/C12H17N5OS/c1-3-5-18-11-9(13)10(15-7-16-11)17-8(2)12-14-4-6-19-12/h4,6-8H,3,5,13H2,1-2H3,(H,15,16,17). The zero-order chi connectivity index (χ0) is 13.7. The Labute approximate surface area is 116 Å². The maximum atomic E-state index is 6.00. The third-order valence-corrected chi connectivity index (χ3v) is 3.42. The van der Waals surface area contributed by atoms with E-state index < -0.39 is 0 Å². The van der Waals surface area contributed by atoms with Crippen LogP contribution in [0.15, 0.2) is 17.9 Å². The summed E-state index contributed by atoms with van der Waals surface area (Å²) >= 11 is 1.59. The molecule has 0 fully saturated rings. The second-order valence-corrected chi connectivity index (χ2v) is 4.95. The fraction of sp³-hybridized carbons (Fsp3) is 0.417. The Balaban J connectivity index is 2.12. The van der Waals surface area contributed by atoms with Gasteiger partial charge in [-0.2, -0.15) is 4.98 Å². The lowest BCUT2D eigenvalue weighted by atomic mass is 10.3. The number of nitrogen functional groups attached to an aromatic ring is 1. The van der Waals surface area contributed by atoms with Gasteiger partial charge in [-0.1, -0.05) is 6.92 Å². The van der Waals surface area contributed by atoms with Crippen molar-refractivity contribution >= 4 is 22.8 Å². The van der Waals surface area contributed by atoms with E-state index in [1.54, 1.807) is 17.5 Å². The topological polar surface area (TPSA) is 86.0 Å². The molecule has 0 aliphatic carbocycles. The number of nitrogens with two attached hydrogens (primary N) is 1. The van der Waals surface area contributed by atoms with Crippen molar-refractivity contribution in [2.45, 2.75) is 26.3 Å². The Morgan fingerprint density at radius 2 is 2.26 bits per heavy atom. The summed E-state index contributed by atoms with van der Waals surface area (Å²) in [6.07, 6.45) is 4.12. The summed E-state index contributed by atoms with van der Waals surface area (Å²) in [6, 6.07) is 0.0382. The molecule has 7 heteroatoms. The van der Waals surface area contributed by atoms with Gasteiger partial charge in [-0.05, 0) is 13.3 Å². The molecule has 2 aromatic heterocycles. The molecule has 0 aromatic carbocycles. The van der Waals surface area contributed by atoms with Gasteiger partial charge in [-0.25, -0.2) is 9.97 Å². The van der Waals surface area contributed by atoms with E-state index in [0.717, 1.165) is 11.4 Å². The maximum absolute atomic E-state index is 6.00. The predicted octanol–water partition coefficient (Wildman–Crippen LogP) is 2.48. The molecule has 0 saturated heterocycles. The molecule has 1 atom stereocenters. The van der Waals surface area contributed by atoms with Crippen LogP contribution in [0.5, 0.6) is 5.88 Å². The van der Waals surface area contributed by atoms with E-state index >= 15 is 0 Å². The van der Waals surface area contributed by atoms with Crippen LogP contribution >= 0.6 is 11.3 Å². The molecule has 3 N–H and O–H groups in total. The highest BCUT2D eigenvalue weighted by atomic mass is 32.1. The molecule has 2 rings (SSSR count). The third-order valence-electron chi connectivity index (χ3n) is 2.47. The Hall–Kier alpha value is -1.89. The molecule has 0 aliphatic heterocycles. The van der Waals surface area contributed by atoms with Crippen molar-refractivity contribution in [3.05, 3.63) is 22.9 Å². The Bertz CT molecular complexity index is 517. The minimum absolute atomic E-state index is 0.0382. The maximum Gasteiger partial charge on any atom is 0.242 e. The molecule has 1 unspecified atom stereocenters.